The topological polar surface area (TPSA) is 102 Å². The number of esters is 1. The maximum Gasteiger partial charge on any atom is 0.328 e. The lowest BCUT2D eigenvalue weighted by atomic mass is 10.0. The Morgan fingerprint density at radius 1 is 1.37 bits per heavy atom. The quantitative estimate of drug-likeness (QED) is 0.561. The Morgan fingerprint density at radius 2 is 1.95 bits per heavy atom. The molecule has 0 saturated carbocycles. The van der Waals surface area contributed by atoms with E-state index in [1.807, 2.05) is 6.92 Å². The number of hydrogen-bond donors (Lipinski definition) is 3. The van der Waals surface area contributed by atoms with Crippen LogP contribution in [0.25, 0.3) is 0 Å². The van der Waals surface area contributed by atoms with Crippen molar-refractivity contribution in [2.75, 3.05) is 6.61 Å². The monoisotopic (exact) mass is 296 g/mol. The first-order valence-corrected chi connectivity index (χ1v) is 6.34. The van der Waals surface area contributed by atoms with Crippen molar-refractivity contribution in [3.05, 3.63) is 0 Å². The van der Waals surface area contributed by atoms with Crippen molar-refractivity contribution in [1.82, 2.24) is 5.32 Å². The SMILES string of the molecule is CCCCC(N)C(O)C(=O)NC(C)C(=O)OCC.Cl. The normalized spacial score (nSPS) is 14.8. The average Bonchev–Trinajstić information content (AvgIpc) is 2.34. The minimum atomic E-state index is -1.30. The molecule has 0 rings (SSSR count). The fourth-order valence-electron chi connectivity index (χ4n) is 1.42. The highest BCUT2D eigenvalue weighted by Gasteiger charge is 2.25. The summed E-state index contributed by atoms with van der Waals surface area (Å²) in [7, 11) is 0. The van der Waals surface area contributed by atoms with Crippen LogP contribution < -0.4 is 11.1 Å². The number of nitrogens with one attached hydrogen (secondary N) is 1. The summed E-state index contributed by atoms with van der Waals surface area (Å²) in [5.41, 5.74) is 5.69. The summed E-state index contributed by atoms with van der Waals surface area (Å²) in [4.78, 5) is 22.9. The Hall–Kier alpha value is -0.850. The predicted molar refractivity (Wildman–Crippen MR) is 75.0 cm³/mol. The first kappa shape index (κ1) is 20.5. The van der Waals surface area contributed by atoms with Gasteiger partial charge in [0.15, 0.2) is 0 Å². The Morgan fingerprint density at radius 3 is 2.42 bits per heavy atom. The number of carbonyl (C=O) groups is 2. The van der Waals surface area contributed by atoms with Crippen molar-refractivity contribution < 1.29 is 19.4 Å². The molecule has 0 bridgehead atoms. The summed E-state index contributed by atoms with van der Waals surface area (Å²) < 4.78 is 4.74. The van der Waals surface area contributed by atoms with E-state index in [0.717, 1.165) is 12.8 Å². The zero-order chi connectivity index (χ0) is 14.1. The van der Waals surface area contributed by atoms with Crippen molar-refractivity contribution in [1.29, 1.82) is 0 Å². The minimum absolute atomic E-state index is 0. The smallest absolute Gasteiger partial charge is 0.328 e. The molecule has 3 atom stereocenters. The van der Waals surface area contributed by atoms with Crippen molar-refractivity contribution in [2.45, 2.75) is 58.2 Å². The number of rotatable bonds is 8. The van der Waals surface area contributed by atoms with E-state index in [0.29, 0.717) is 6.42 Å². The second-order valence-corrected chi connectivity index (χ2v) is 4.23. The van der Waals surface area contributed by atoms with E-state index < -0.39 is 30.1 Å². The van der Waals surface area contributed by atoms with Gasteiger partial charge in [0.25, 0.3) is 5.91 Å². The lowest BCUT2D eigenvalue weighted by Gasteiger charge is -2.20. The van der Waals surface area contributed by atoms with Gasteiger partial charge in [0.05, 0.1) is 6.61 Å². The zero-order valence-corrected chi connectivity index (χ0v) is 12.5. The maximum absolute atomic E-state index is 11.6. The highest BCUT2D eigenvalue weighted by molar-refractivity contribution is 5.87. The van der Waals surface area contributed by atoms with Gasteiger partial charge in [0, 0.05) is 6.04 Å². The standard InChI is InChI=1S/C12H24N2O4.ClH/c1-4-6-7-9(13)10(15)11(16)14-8(3)12(17)18-5-2;/h8-10,15H,4-7,13H2,1-3H3,(H,14,16);1H. The summed E-state index contributed by atoms with van der Waals surface area (Å²) >= 11 is 0. The third kappa shape index (κ3) is 8.02. The molecule has 0 aliphatic rings. The summed E-state index contributed by atoms with van der Waals surface area (Å²) in [5.74, 6) is -1.17. The van der Waals surface area contributed by atoms with Crippen LogP contribution in [-0.4, -0.2) is 41.8 Å². The molecule has 0 radical (unpaired) electrons. The molecule has 0 heterocycles. The van der Waals surface area contributed by atoms with Gasteiger partial charge < -0.3 is 20.9 Å². The van der Waals surface area contributed by atoms with Crippen LogP contribution in [0, 0.1) is 0 Å². The number of halogens is 1. The van der Waals surface area contributed by atoms with Crippen LogP contribution in [0.3, 0.4) is 0 Å². The molecule has 0 aromatic carbocycles. The van der Waals surface area contributed by atoms with E-state index in [-0.39, 0.29) is 19.0 Å². The molecular weight excluding hydrogens is 272 g/mol. The van der Waals surface area contributed by atoms with Gasteiger partial charge in [-0.1, -0.05) is 19.8 Å². The zero-order valence-electron chi connectivity index (χ0n) is 11.7. The highest BCUT2D eigenvalue weighted by atomic mass is 35.5. The van der Waals surface area contributed by atoms with Crippen LogP contribution in [0.1, 0.15) is 40.0 Å². The highest BCUT2D eigenvalue weighted by Crippen LogP contribution is 2.03. The van der Waals surface area contributed by atoms with Crippen LogP contribution in [-0.2, 0) is 14.3 Å². The minimum Gasteiger partial charge on any atom is -0.464 e. The van der Waals surface area contributed by atoms with Crippen molar-refractivity contribution in [3.63, 3.8) is 0 Å². The number of carbonyl (C=O) groups excluding carboxylic acids is 2. The van der Waals surface area contributed by atoms with Crippen LogP contribution >= 0.6 is 12.4 Å². The van der Waals surface area contributed by atoms with Crippen LogP contribution in [0.4, 0.5) is 0 Å². The van der Waals surface area contributed by atoms with E-state index >= 15 is 0 Å². The van der Waals surface area contributed by atoms with Gasteiger partial charge >= 0.3 is 5.97 Å². The number of hydrogen-bond acceptors (Lipinski definition) is 5. The van der Waals surface area contributed by atoms with Gasteiger partial charge in [-0.05, 0) is 20.3 Å². The van der Waals surface area contributed by atoms with Crippen molar-refractivity contribution in [3.8, 4) is 0 Å². The summed E-state index contributed by atoms with van der Waals surface area (Å²) in [6.45, 7) is 5.43. The summed E-state index contributed by atoms with van der Waals surface area (Å²) in [6.07, 6.45) is 1.06. The van der Waals surface area contributed by atoms with Gasteiger partial charge in [-0.3, -0.25) is 4.79 Å². The fraction of sp³-hybridized carbons (Fsp3) is 0.833. The number of nitrogens with two attached hydrogens (primary N) is 1. The van der Waals surface area contributed by atoms with Gasteiger partial charge in [0.1, 0.15) is 12.1 Å². The molecule has 3 unspecified atom stereocenters. The Labute approximate surface area is 120 Å². The van der Waals surface area contributed by atoms with E-state index in [1.165, 1.54) is 6.92 Å². The molecule has 1 amide bonds. The van der Waals surface area contributed by atoms with Crippen molar-refractivity contribution >= 4 is 24.3 Å². The van der Waals surface area contributed by atoms with Crippen LogP contribution in [0.5, 0.6) is 0 Å². The third-order valence-corrected chi connectivity index (χ3v) is 2.56. The van der Waals surface area contributed by atoms with E-state index in [9.17, 15) is 14.7 Å². The second kappa shape index (κ2) is 11.0. The summed E-state index contributed by atoms with van der Waals surface area (Å²) in [5, 5.41) is 12.1. The number of unbranched alkanes of at least 4 members (excludes halogenated alkanes) is 1. The molecule has 0 aromatic heterocycles. The molecule has 114 valence electrons. The Bertz CT molecular complexity index is 276. The third-order valence-electron chi connectivity index (χ3n) is 2.56. The number of aliphatic hydroxyl groups is 1. The first-order valence-electron chi connectivity index (χ1n) is 6.34. The molecule has 19 heavy (non-hydrogen) atoms. The molecule has 0 spiro atoms. The Kier molecular flexibility index (Phi) is 11.9. The van der Waals surface area contributed by atoms with E-state index in [2.05, 4.69) is 5.32 Å². The van der Waals surface area contributed by atoms with Crippen LogP contribution in [0.2, 0.25) is 0 Å². The molecule has 6 nitrogen and oxygen atoms in total. The van der Waals surface area contributed by atoms with E-state index in [1.54, 1.807) is 6.92 Å². The van der Waals surface area contributed by atoms with Crippen LogP contribution in [0.15, 0.2) is 0 Å². The molecule has 7 heteroatoms. The Balaban J connectivity index is 0. The lowest BCUT2D eigenvalue weighted by molar-refractivity contribution is -0.148. The maximum atomic E-state index is 11.6. The number of aliphatic hydroxyl groups excluding tert-OH is 1. The van der Waals surface area contributed by atoms with Gasteiger partial charge in [-0.15, -0.1) is 12.4 Å². The molecule has 4 N–H and O–H groups in total. The molecule has 0 fully saturated rings. The second-order valence-electron chi connectivity index (χ2n) is 4.23. The van der Waals surface area contributed by atoms with Gasteiger partial charge in [-0.25, -0.2) is 4.79 Å². The number of amides is 1. The van der Waals surface area contributed by atoms with Crippen molar-refractivity contribution in [2.24, 2.45) is 5.73 Å². The largest absolute Gasteiger partial charge is 0.464 e. The molecule has 0 aliphatic heterocycles. The fourth-order valence-corrected chi connectivity index (χ4v) is 1.42. The molecule has 0 saturated heterocycles. The molecular formula is C12H25ClN2O4. The lowest BCUT2D eigenvalue weighted by Crippen LogP contribution is -2.50. The predicted octanol–water partition coefficient (Wildman–Crippen LogP) is 0.354. The number of ether oxygens (including phenoxy) is 1. The first-order chi connectivity index (χ1) is 8.43. The summed E-state index contributed by atoms with van der Waals surface area (Å²) in [6, 6.07) is -1.40. The van der Waals surface area contributed by atoms with Gasteiger partial charge in [-0.2, -0.15) is 0 Å². The molecule has 0 aliphatic carbocycles. The average molecular weight is 297 g/mol. The molecule has 0 aromatic rings. The van der Waals surface area contributed by atoms with Gasteiger partial charge in [0.2, 0.25) is 0 Å². The van der Waals surface area contributed by atoms with E-state index in [4.69, 9.17) is 10.5 Å².